The van der Waals surface area contributed by atoms with Crippen LogP contribution in [0.3, 0.4) is 0 Å². The van der Waals surface area contributed by atoms with Gasteiger partial charge in [-0.2, -0.15) is 0 Å². The number of para-hydroxylation sites is 4. The Morgan fingerprint density at radius 2 is 0.487 bits per heavy atom. The van der Waals surface area contributed by atoms with Crippen molar-refractivity contribution < 1.29 is 21.9 Å². The monoisotopic (exact) mass is 1540 g/mol. The average molecular weight is 1540 g/mol. The van der Waals surface area contributed by atoms with Crippen LogP contribution in [0.2, 0.25) is 0 Å². The summed E-state index contributed by atoms with van der Waals surface area (Å²) in [5, 5.41) is -0.331. The molecule has 0 saturated heterocycles. The SMILES string of the molecule is [2H]c1c([2H])c([2H])c2c(c1[2H])c1c([2H])c([2H])c([2H])c([2H])c1n2-c1ccc2c(c1)N(c1c(-c3ccccc3)cc(C(C)(C)C)cc1-c1cc(-c3ccccc3)cc(-c3ccccc3)c1)c1cc(C(C)(C)C)cc3c1B2c1ccc(-n2c4c([2H])c([2H])c([2H])c([2H])c4c4c([2H])c([2H])c([2H])c([2H])c42)cc1N3c1c(-c2ccccc2)cc(C(C)(C)C)cc1-c1cc(-c2ccccc2)cc(-c2ccccc2)c1. The summed E-state index contributed by atoms with van der Waals surface area (Å²) in [4.78, 5) is 4.77. The quantitative estimate of drug-likeness (QED) is 0.113. The third-order valence-corrected chi connectivity index (χ3v) is 24.0. The molecule has 0 amide bonds. The van der Waals surface area contributed by atoms with Gasteiger partial charge in [-0.15, -0.1) is 0 Å². The van der Waals surface area contributed by atoms with Crippen molar-refractivity contribution in [1.82, 2.24) is 9.13 Å². The number of rotatable bonds is 12. The minimum atomic E-state index is -0.836. The third kappa shape index (κ3) is 12.5. The Kier molecular flexibility index (Phi) is 13.6. The number of anilines is 6. The van der Waals surface area contributed by atoms with Crippen molar-refractivity contribution in [3.63, 3.8) is 0 Å². The number of hydrogen-bond donors (Lipinski definition) is 0. The lowest BCUT2D eigenvalue weighted by Gasteiger charge is -2.47. The molecule has 0 aliphatic carbocycles. The molecule has 2 aromatic heterocycles. The first kappa shape index (κ1) is 57.1. The number of fused-ring (bicyclic) bond motifs is 10. The zero-order chi connectivity index (χ0) is 94.5. The first-order valence-corrected chi connectivity index (χ1v) is 40.7. The average Bonchev–Trinajstić information content (AvgIpc) is 1.19. The first-order chi connectivity index (χ1) is 64.6. The molecule has 17 aromatic carbocycles. The highest BCUT2D eigenvalue weighted by Gasteiger charge is 2.47. The molecule has 4 heterocycles. The van der Waals surface area contributed by atoms with Crippen LogP contribution in [0.25, 0.3) is 144 Å². The Bertz CT molecular complexity index is 7490. The normalized spacial score (nSPS) is 14.6. The number of hydrogen-bond acceptors (Lipinski definition) is 2. The second-order valence-electron chi connectivity index (χ2n) is 34.5. The van der Waals surface area contributed by atoms with Crippen LogP contribution < -0.4 is 26.2 Å². The topological polar surface area (TPSA) is 16.3 Å². The smallest absolute Gasteiger partial charge is 0.252 e. The zero-order valence-corrected chi connectivity index (χ0v) is 67.6. The molecule has 0 radical (unpaired) electrons. The molecule has 4 nitrogen and oxygen atoms in total. The Morgan fingerprint density at radius 1 is 0.235 bits per heavy atom. The third-order valence-electron chi connectivity index (χ3n) is 24.0. The maximum absolute atomic E-state index is 10.1. The van der Waals surface area contributed by atoms with Gasteiger partial charge in [0.1, 0.15) is 0 Å². The number of aromatic nitrogens is 2. The fourth-order valence-corrected chi connectivity index (χ4v) is 18.0. The second-order valence-corrected chi connectivity index (χ2v) is 34.5. The molecule has 0 saturated carbocycles. The Morgan fingerprint density at radius 3 is 0.773 bits per heavy atom. The van der Waals surface area contributed by atoms with E-state index in [0.29, 0.717) is 22.7 Å². The Balaban J connectivity index is 0.997. The molecule has 0 spiro atoms. The van der Waals surface area contributed by atoms with E-state index in [4.69, 9.17) is 0 Å². The molecule has 2 aliphatic rings. The fourth-order valence-electron chi connectivity index (χ4n) is 18.0. The van der Waals surface area contributed by atoms with E-state index >= 15 is 0 Å². The summed E-state index contributed by atoms with van der Waals surface area (Å²) >= 11 is 0. The van der Waals surface area contributed by atoms with Crippen LogP contribution >= 0.6 is 0 Å². The van der Waals surface area contributed by atoms with Gasteiger partial charge in [-0.3, -0.25) is 0 Å². The van der Waals surface area contributed by atoms with E-state index in [1.165, 1.54) is 0 Å². The van der Waals surface area contributed by atoms with Gasteiger partial charge in [-0.25, -0.2) is 0 Å². The van der Waals surface area contributed by atoms with Crippen LogP contribution in [0.1, 0.15) is 101 Å². The molecule has 0 unspecified atom stereocenters. The standard InChI is InChI=1S/C114H91BN4/c1-112(2,3)86-66-95(78-44-24-14-25-45-78)110(97(68-86)84-62-80(74-36-16-10-17-37-74)60-81(63-84)75-38-18-11-19-39-75)118-105-72-89(116-101-52-32-28-48-91(101)92-49-29-33-53-102(92)116)56-58-99(105)115-100-59-57-90(117-103-54-34-30-50-93(103)94-51-31-35-55-104(94)117)73-106(100)119(108-71-88(114(7,8)9)70-107(118)109(108)115)111-96(79-46-26-15-27-47-79)67-87(113(4,5)6)69-98(111)85-64-82(76-40-20-12-21-41-76)61-83(65-85)77-42-22-13-23-43-77/h10-73H,1-9H3/i28D,29D,30D,31D,32D,33D,34D,35D,48D,49D,50D,51D,52D,53D,54D,55D. The van der Waals surface area contributed by atoms with Crippen molar-refractivity contribution in [2.75, 3.05) is 9.80 Å². The predicted octanol–water partition coefficient (Wildman–Crippen LogP) is 29.2. The molecule has 119 heavy (non-hydrogen) atoms. The van der Waals surface area contributed by atoms with Crippen molar-refractivity contribution in [1.29, 1.82) is 0 Å². The number of nitrogens with zero attached hydrogens (tertiary/aromatic N) is 4. The van der Waals surface area contributed by atoms with Crippen molar-refractivity contribution in [3.8, 4) is 100 Å². The zero-order valence-electron chi connectivity index (χ0n) is 83.6. The summed E-state index contributed by atoms with van der Waals surface area (Å²) < 4.78 is 158. The van der Waals surface area contributed by atoms with Crippen molar-refractivity contribution in [2.24, 2.45) is 0 Å². The van der Waals surface area contributed by atoms with Gasteiger partial charge in [-0.1, -0.05) is 329 Å². The van der Waals surface area contributed by atoms with Crippen LogP contribution in [0.15, 0.2) is 388 Å². The molecule has 19 aromatic rings. The van der Waals surface area contributed by atoms with Gasteiger partial charge in [0.15, 0.2) is 0 Å². The van der Waals surface area contributed by atoms with E-state index in [2.05, 4.69) is 291 Å². The largest absolute Gasteiger partial charge is 0.310 e. The Hall–Kier alpha value is -14.0. The van der Waals surface area contributed by atoms with E-state index in [1.807, 2.05) is 72.8 Å². The fraction of sp³-hybridized carbons (Fsp3) is 0.105. The summed E-state index contributed by atoms with van der Waals surface area (Å²) in [5.74, 6) is 0. The molecule has 0 fully saturated rings. The molecular weight excluding hydrogens is 1440 g/mol. The van der Waals surface area contributed by atoms with Gasteiger partial charge in [0.25, 0.3) is 6.71 Å². The highest BCUT2D eigenvalue weighted by molar-refractivity contribution is 7.00. The summed E-state index contributed by atoms with van der Waals surface area (Å²) in [5.41, 5.74) is 22.5. The minimum Gasteiger partial charge on any atom is -0.310 e. The number of benzene rings is 17. The van der Waals surface area contributed by atoms with E-state index < -0.39 is 120 Å². The lowest BCUT2D eigenvalue weighted by atomic mass is 9.33. The van der Waals surface area contributed by atoms with Gasteiger partial charge in [0, 0.05) is 77.9 Å². The molecular formula is C114H91BN4. The van der Waals surface area contributed by atoms with E-state index in [-0.39, 0.29) is 43.6 Å². The van der Waals surface area contributed by atoms with E-state index in [0.717, 1.165) is 145 Å². The minimum absolute atomic E-state index is 0.0620. The highest BCUT2D eigenvalue weighted by Crippen LogP contribution is 2.57. The summed E-state index contributed by atoms with van der Waals surface area (Å²) in [6, 6.07) is 93.4. The first-order valence-electron chi connectivity index (χ1n) is 48.7. The lowest BCUT2D eigenvalue weighted by molar-refractivity contribution is 0.590. The van der Waals surface area contributed by atoms with Crippen LogP contribution in [-0.2, 0) is 16.2 Å². The summed E-state index contributed by atoms with van der Waals surface area (Å²) in [6.45, 7) is 19.1. The lowest BCUT2D eigenvalue weighted by Crippen LogP contribution is -2.61. The highest BCUT2D eigenvalue weighted by atomic mass is 15.2. The molecule has 0 atom stereocenters. The molecule has 21 rings (SSSR count). The van der Waals surface area contributed by atoms with Crippen molar-refractivity contribution >= 4 is 101 Å². The molecule has 570 valence electrons. The van der Waals surface area contributed by atoms with Gasteiger partial charge in [0.2, 0.25) is 0 Å². The van der Waals surface area contributed by atoms with Crippen LogP contribution in [0.4, 0.5) is 34.1 Å². The summed E-state index contributed by atoms with van der Waals surface area (Å²) in [6.07, 6.45) is 0. The van der Waals surface area contributed by atoms with Gasteiger partial charge >= 0.3 is 0 Å². The second kappa shape index (κ2) is 28.4. The molecule has 0 N–H and O–H groups in total. The Labute approximate surface area is 721 Å². The van der Waals surface area contributed by atoms with Gasteiger partial charge in [0.05, 0.1) is 55.4 Å². The molecule has 2 aliphatic heterocycles. The van der Waals surface area contributed by atoms with Crippen LogP contribution in [0.5, 0.6) is 0 Å². The van der Waals surface area contributed by atoms with E-state index in [1.54, 1.807) is 9.13 Å². The van der Waals surface area contributed by atoms with Crippen LogP contribution in [-0.4, -0.2) is 15.8 Å². The van der Waals surface area contributed by atoms with Crippen LogP contribution in [0, 0.1) is 0 Å². The van der Waals surface area contributed by atoms with Gasteiger partial charge in [-0.05, 0) is 237 Å². The summed E-state index contributed by atoms with van der Waals surface area (Å²) in [7, 11) is 0. The van der Waals surface area contributed by atoms with Crippen molar-refractivity contribution in [2.45, 2.75) is 78.6 Å². The maximum Gasteiger partial charge on any atom is 0.252 e. The maximum atomic E-state index is 10.1. The predicted molar refractivity (Wildman–Crippen MR) is 509 cm³/mol. The molecule has 0 bridgehead atoms. The van der Waals surface area contributed by atoms with Crippen molar-refractivity contribution in [3.05, 3.63) is 405 Å². The molecule has 5 heteroatoms. The van der Waals surface area contributed by atoms with Gasteiger partial charge < -0.3 is 18.9 Å². The van der Waals surface area contributed by atoms with E-state index in [9.17, 15) is 21.9 Å².